The number of hydrogen-bond donors (Lipinski definition) is 0. The molecule has 0 bridgehead atoms. The van der Waals surface area contributed by atoms with E-state index in [-0.39, 0.29) is 17.8 Å². The molecule has 0 aliphatic heterocycles. The van der Waals surface area contributed by atoms with Gasteiger partial charge in [0.25, 0.3) is 0 Å². The number of ether oxygens (including phenoxy) is 1. The van der Waals surface area contributed by atoms with Crippen molar-refractivity contribution in [3.8, 4) is 12.1 Å². The highest BCUT2D eigenvalue weighted by molar-refractivity contribution is 5.84. The zero-order valence-electron chi connectivity index (χ0n) is 17.5. The largest absolute Gasteiger partial charge is 0.469 e. The summed E-state index contributed by atoms with van der Waals surface area (Å²) in [4.78, 5) is 13.3. The second-order valence-electron chi connectivity index (χ2n) is 8.92. The van der Waals surface area contributed by atoms with Crippen LogP contribution < -0.4 is 0 Å². The van der Waals surface area contributed by atoms with Crippen molar-refractivity contribution in [1.82, 2.24) is 0 Å². The highest BCUT2D eigenvalue weighted by atomic mass is 16.5. The van der Waals surface area contributed by atoms with Crippen LogP contribution in [0.3, 0.4) is 0 Å². The number of nitriles is 2. The third-order valence-electron chi connectivity index (χ3n) is 7.93. The monoisotopic (exact) mass is 408 g/mol. The molecule has 0 amide bonds. The van der Waals surface area contributed by atoms with Crippen LogP contribution >= 0.6 is 0 Å². The van der Waals surface area contributed by atoms with E-state index >= 15 is 0 Å². The molecular formula is C27H24N2O2. The second kappa shape index (κ2) is 7.10. The highest BCUT2D eigenvalue weighted by Gasteiger charge is 2.70. The predicted molar refractivity (Wildman–Crippen MR) is 116 cm³/mol. The molecule has 0 heterocycles. The van der Waals surface area contributed by atoms with Gasteiger partial charge in [0.05, 0.1) is 25.2 Å². The summed E-state index contributed by atoms with van der Waals surface area (Å²) < 4.78 is 5.32. The summed E-state index contributed by atoms with van der Waals surface area (Å²) in [5, 5.41) is 21.2. The fourth-order valence-corrected chi connectivity index (χ4v) is 6.87. The lowest BCUT2D eigenvalue weighted by atomic mass is 9.48. The molecular weight excluding hydrogens is 384 g/mol. The van der Waals surface area contributed by atoms with E-state index in [4.69, 9.17) is 4.74 Å². The Bertz CT molecular complexity index is 1140. The fourth-order valence-electron chi connectivity index (χ4n) is 6.87. The zero-order valence-corrected chi connectivity index (χ0v) is 17.5. The third kappa shape index (κ3) is 2.37. The molecule has 154 valence electrons. The van der Waals surface area contributed by atoms with E-state index in [1.165, 1.54) is 7.11 Å². The molecule has 3 aliphatic rings. The number of rotatable bonds is 2. The first-order valence-corrected chi connectivity index (χ1v) is 10.9. The Morgan fingerprint density at radius 3 is 2.45 bits per heavy atom. The Kier molecular flexibility index (Phi) is 4.49. The number of hydrogen-bond acceptors (Lipinski definition) is 4. The van der Waals surface area contributed by atoms with Crippen LogP contribution in [0.5, 0.6) is 0 Å². The summed E-state index contributed by atoms with van der Waals surface area (Å²) in [7, 11) is 1.43. The third-order valence-corrected chi connectivity index (χ3v) is 7.93. The molecule has 31 heavy (non-hydrogen) atoms. The van der Waals surface area contributed by atoms with Gasteiger partial charge in [-0.05, 0) is 41.0 Å². The Labute approximate surface area is 182 Å². The van der Waals surface area contributed by atoms with E-state index in [0.29, 0.717) is 0 Å². The number of carbonyl (C=O) groups is 1. The normalized spacial score (nSPS) is 29.9. The molecule has 2 aromatic carbocycles. The molecule has 3 aliphatic carbocycles. The molecule has 2 aromatic rings. The summed E-state index contributed by atoms with van der Waals surface area (Å²) in [6.45, 7) is 0. The molecule has 0 saturated heterocycles. The van der Waals surface area contributed by atoms with Gasteiger partial charge in [-0.1, -0.05) is 73.5 Å². The Balaban J connectivity index is 1.87. The van der Waals surface area contributed by atoms with Crippen molar-refractivity contribution in [2.75, 3.05) is 7.11 Å². The quantitative estimate of drug-likeness (QED) is 0.646. The van der Waals surface area contributed by atoms with E-state index < -0.39 is 16.7 Å². The van der Waals surface area contributed by atoms with Gasteiger partial charge >= 0.3 is 5.97 Å². The number of methoxy groups -OCH3 is 1. The van der Waals surface area contributed by atoms with E-state index in [1.807, 2.05) is 42.5 Å². The summed E-state index contributed by atoms with van der Waals surface area (Å²) in [6.07, 6.45) is 5.68. The summed E-state index contributed by atoms with van der Waals surface area (Å²) in [6, 6.07) is 22.7. The van der Waals surface area contributed by atoms with E-state index in [0.717, 1.165) is 47.9 Å². The van der Waals surface area contributed by atoms with Crippen LogP contribution in [0.15, 0.2) is 60.2 Å². The first-order chi connectivity index (χ1) is 15.1. The maximum Gasteiger partial charge on any atom is 0.313 e. The lowest BCUT2D eigenvalue weighted by molar-refractivity contribution is -0.144. The Morgan fingerprint density at radius 2 is 1.74 bits per heavy atom. The smallest absolute Gasteiger partial charge is 0.313 e. The van der Waals surface area contributed by atoms with Gasteiger partial charge in [-0.25, -0.2) is 0 Å². The average Bonchev–Trinajstić information content (AvgIpc) is 3.14. The average molecular weight is 409 g/mol. The van der Waals surface area contributed by atoms with Gasteiger partial charge in [-0.2, -0.15) is 10.5 Å². The molecule has 1 spiro atoms. The summed E-state index contributed by atoms with van der Waals surface area (Å²) in [5.74, 6) is -0.870. The fraction of sp³-hybridized carbons (Fsp3) is 0.370. The standard InChI is InChI=1S/C27H24N2O2/c1-31-25(30)24-22-15-19-11-5-6-12-20(19)26(16-28,17-29)27(22)14-8-7-13-21(27)23(24)18-9-3-2-4-10-18/h2-6,9-12,15,21,23-24H,7-8,13-14H2,1H3/t21-,23-,24-,27?/m1/s1. The molecule has 5 rings (SSSR count). The minimum atomic E-state index is -1.32. The minimum Gasteiger partial charge on any atom is -0.469 e. The number of fused-ring (bicyclic) bond motifs is 1. The second-order valence-corrected chi connectivity index (χ2v) is 8.92. The first-order valence-electron chi connectivity index (χ1n) is 10.9. The van der Waals surface area contributed by atoms with Crippen LogP contribution in [-0.2, 0) is 14.9 Å². The lowest BCUT2D eigenvalue weighted by Gasteiger charge is -2.51. The number of nitrogens with zero attached hydrogens (tertiary/aromatic N) is 2. The first kappa shape index (κ1) is 19.6. The van der Waals surface area contributed by atoms with Crippen molar-refractivity contribution in [3.05, 3.63) is 76.9 Å². The molecule has 2 saturated carbocycles. The van der Waals surface area contributed by atoms with E-state index in [2.05, 4.69) is 30.3 Å². The van der Waals surface area contributed by atoms with Gasteiger partial charge in [0.1, 0.15) is 0 Å². The van der Waals surface area contributed by atoms with Crippen molar-refractivity contribution in [2.45, 2.75) is 37.0 Å². The topological polar surface area (TPSA) is 73.9 Å². The van der Waals surface area contributed by atoms with Crippen LogP contribution in [0.2, 0.25) is 0 Å². The van der Waals surface area contributed by atoms with Gasteiger partial charge < -0.3 is 4.74 Å². The predicted octanol–water partition coefficient (Wildman–Crippen LogP) is 5.13. The molecule has 0 radical (unpaired) electrons. The van der Waals surface area contributed by atoms with Gasteiger partial charge in [0.15, 0.2) is 5.41 Å². The van der Waals surface area contributed by atoms with Crippen LogP contribution in [-0.4, -0.2) is 13.1 Å². The van der Waals surface area contributed by atoms with E-state index in [1.54, 1.807) is 0 Å². The van der Waals surface area contributed by atoms with Gasteiger partial charge in [0, 0.05) is 11.3 Å². The Hall–Kier alpha value is -3.37. The van der Waals surface area contributed by atoms with Crippen LogP contribution in [0.4, 0.5) is 0 Å². The molecule has 2 fully saturated rings. The SMILES string of the molecule is COC(=O)[C@@H]1C2=Cc3ccccc3C(C#N)(C#N)C23CCCC[C@@H]3[C@H]1c1ccccc1. The molecule has 4 heteroatoms. The van der Waals surface area contributed by atoms with Crippen molar-refractivity contribution in [3.63, 3.8) is 0 Å². The van der Waals surface area contributed by atoms with Gasteiger partial charge in [-0.3, -0.25) is 4.79 Å². The molecule has 0 aromatic heterocycles. The molecule has 4 nitrogen and oxygen atoms in total. The number of benzene rings is 2. The van der Waals surface area contributed by atoms with E-state index in [9.17, 15) is 15.3 Å². The number of carbonyl (C=O) groups excluding carboxylic acids is 1. The lowest BCUT2D eigenvalue weighted by Crippen LogP contribution is -2.51. The van der Waals surface area contributed by atoms with Crippen molar-refractivity contribution < 1.29 is 9.53 Å². The Morgan fingerprint density at radius 1 is 1.03 bits per heavy atom. The molecule has 0 N–H and O–H groups in total. The number of esters is 1. The van der Waals surface area contributed by atoms with Crippen molar-refractivity contribution >= 4 is 12.0 Å². The van der Waals surface area contributed by atoms with Crippen molar-refractivity contribution in [1.29, 1.82) is 10.5 Å². The minimum absolute atomic E-state index is 0.0201. The summed E-state index contributed by atoms with van der Waals surface area (Å²) >= 11 is 0. The highest BCUT2D eigenvalue weighted by Crippen LogP contribution is 2.72. The maximum atomic E-state index is 13.3. The summed E-state index contributed by atoms with van der Waals surface area (Å²) in [5.41, 5.74) is 1.61. The van der Waals surface area contributed by atoms with Crippen LogP contribution in [0.25, 0.3) is 6.08 Å². The molecule has 1 unspecified atom stereocenters. The molecule has 4 atom stereocenters. The van der Waals surface area contributed by atoms with Crippen molar-refractivity contribution in [2.24, 2.45) is 17.3 Å². The maximum absolute atomic E-state index is 13.3. The van der Waals surface area contributed by atoms with Crippen LogP contribution in [0, 0.1) is 39.9 Å². The van der Waals surface area contributed by atoms with Gasteiger partial charge in [0.2, 0.25) is 0 Å². The van der Waals surface area contributed by atoms with Gasteiger partial charge in [-0.15, -0.1) is 0 Å². The zero-order chi connectivity index (χ0) is 21.6. The van der Waals surface area contributed by atoms with Crippen LogP contribution in [0.1, 0.15) is 48.3 Å².